The van der Waals surface area contributed by atoms with E-state index in [0.29, 0.717) is 5.56 Å². The normalized spacial score (nSPS) is 13.6. The van der Waals surface area contributed by atoms with Gasteiger partial charge in [-0.25, -0.2) is 0 Å². The van der Waals surface area contributed by atoms with Gasteiger partial charge in [-0.05, 0) is 24.1 Å². The molecule has 0 heterocycles. The Morgan fingerprint density at radius 2 is 1.67 bits per heavy atom. The number of carboxylic acids is 1. The van der Waals surface area contributed by atoms with Crippen LogP contribution in [0, 0.1) is 0 Å². The first-order valence-electron chi connectivity index (χ1n) is 5.19. The summed E-state index contributed by atoms with van der Waals surface area (Å²) < 4.78 is 64.8. The van der Waals surface area contributed by atoms with E-state index in [1.54, 1.807) is 0 Å². The van der Waals surface area contributed by atoms with Crippen molar-refractivity contribution in [3.05, 3.63) is 29.8 Å². The lowest BCUT2D eigenvalue weighted by molar-refractivity contribution is -0.139. The minimum Gasteiger partial charge on any atom is -0.480 e. The average molecular weight is 341 g/mol. The molecule has 0 aliphatic heterocycles. The van der Waals surface area contributed by atoms with Crippen LogP contribution in [-0.2, 0) is 31.9 Å². The summed E-state index contributed by atoms with van der Waals surface area (Å²) >= 11 is 0. The molecule has 10 nitrogen and oxygen atoms in total. The van der Waals surface area contributed by atoms with Crippen molar-refractivity contribution in [2.75, 3.05) is 0 Å². The number of carbonyl (C=O) groups is 1. The molecule has 12 heteroatoms. The SMILES string of the molecule is O=C(O)[C@H](Cc1ccc(OS(=O)(=O)O)cc1)NS(=O)(=O)O. The van der Waals surface area contributed by atoms with Gasteiger partial charge in [-0.15, -0.1) is 0 Å². The Morgan fingerprint density at radius 3 is 2.05 bits per heavy atom. The molecule has 1 aromatic rings. The number of rotatable bonds is 7. The van der Waals surface area contributed by atoms with Crippen LogP contribution in [0.3, 0.4) is 0 Å². The molecule has 118 valence electrons. The number of aliphatic carboxylic acids is 1. The number of hydrogen-bond donors (Lipinski definition) is 4. The molecule has 0 spiro atoms. The zero-order valence-corrected chi connectivity index (χ0v) is 11.8. The van der Waals surface area contributed by atoms with Crippen LogP contribution in [0.25, 0.3) is 0 Å². The average Bonchev–Trinajstić information content (AvgIpc) is 2.27. The Hall–Kier alpha value is -1.73. The summed E-state index contributed by atoms with van der Waals surface area (Å²) in [5.74, 6) is -1.72. The summed E-state index contributed by atoms with van der Waals surface area (Å²) in [4.78, 5) is 10.9. The maximum atomic E-state index is 10.9. The molecule has 4 N–H and O–H groups in total. The largest absolute Gasteiger partial charge is 0.480 e. The van der Waals surface area contributed by atoms with Crippen molar-refractivity contribution in [2.45, 2.75) is 12.5 Å². The standard InChI is InChI=1S/C9H11NO9S2/c11-9(12)8(10-20(13,14)15)5-6-1-3-7(4-2-6)19-21(16,17)18/h1-4,8,10H,5H2,(H,11,12)(H,13,14,15)(H,16,17,18)/t8-/m0/s1. The van der Waals surface area contributed by atoms with Crippen molar-refractivity contribution in [1.82, 2.24) is 4.72 Å². The summed E-state index contributed by atoms with van der Waals surface area (Å²) in [6, 6.07) is 3.20. The number of hydrogen-bond acceptors (Lipinski definition) is 6. The Labute approximate surface area is 120 Å². The fourth-order valence-electron chi connectivity index (χ4n) is 1.40. The van der Waals surface area contributed by atoms with Crippen LogP contribution in [0.2, 0.25) is 0 Å². The molecule has 1 aromatic carbocycles. The van der Waals surface area contributed by atoms with E-state index in [2.05, 4.69) is 4.18 Å². The van der Waals surface area contributed by atoms with Crippen LogP contribution < -0.4 is 8.91 Å². The molecule has 0 bridgehead atoms. The summed E-state index contributed by atoms with van der Waals surface area (Å²) in [6.07, 6.45) is -0.304. The Bertz CT molecular complexity index is 708. The van der Waals surface area contributed by atoms with Gasteiger partial charge in [0.25, 0.3) is 0 Å². The Morgan fingerprint density at radius 1 is 1.14 bits per heavy atom. The second kappa shape index (κ2) is 6.36. The quantitative estimate of drug-likeness (QED) is 0.467. The fraction of sp³-hybridized carbons (Fsp3) is 0.222. The smallest absolute Gasteiger partial charge is 0.446 e. The number of nitrogens with one attached hydrogen (secondary N) is 1. The molecule has 0 fully saturated rings. The molecule has 21 heavy (non-hydrogen) atoms. The van der Waals surface area contributed by atoms with Gasteiger partial charge in [0.15, 0.2) is 0 Å². The molecule has 0 saturated heterocycles. The predicted octanol–water partition coefficient (Wildman–Crippen LogP) is -0.744. The first-order valence-corrected chi connectivity index (χ1v) is 8.00. The lowest BCUT2D eigenvalue weighted by atomic mass is 10.1. The molecule has 0 saturated carbocycles. The maximum Gasteiger partial charge on any atom is 0.446 e. The molecule has 0 amide bonds. The van der Waals surface area contributed by atoms with E-state index < -0.39 is 32.7 Å². The first-order chi connectivity index (χ1) is 9.46. The van der Waals surface area contributed by atoms with Crippen molar-refractivity contribution in [3.8, 4) is 5.75 Å². The van der Waals surface area contributed by atoms with Crippen LogP contribution in [-0.4, -0.2) is 43.1 Å². The predicted molar refractivity (Wildman–Crippen MR) is 68.4 cm³/mol. The second-order valence-corrected chi connectivity index (χ2v) is 6.05. The van der Waals surface area contributed by atoms with Gasteiger partial charge in [0.1, 0.15) is 11.8 Å². The molecule has 0 aliphatic carbocycles. The van der Waals surface area contributed by atoms with Crippen molar-refractivity contribution in [2.24, 2.45) is 0 Å². The van der Waals surface area contributed by atoms with Gasteiger partial charge in [-0.1, -0.05) is 12.1 Å². The van der Waals surface area contributed by atoms with E-state index >= 15 is 0 Å². The Kier molecular flexibility index (Phi) is 5.25. The highest BCUT2D eigenvalue weighted by Gasteiger charge is 2.22. The van der Waals surface area contributed by atoms with Gasteiger partial charge in [-0.3, -0.25) is 13.9 Å². The summed E-state index contributed by atoms with van der Waals surface area (Å²) in [6.45, 7) is 0. The van der Waals surface area contributed by atoms with Crippen LogP contribution in [0.15, 0.2) is 24.3 Å². The first kappa shape index (κ1) is 17.3. The number of carboxylic acid groups (broad SMARTS) is 1. The molecule has 0 aliphatic rings. The van der Waals surface area contributed by atoms with Crippen molar-refractivity contribution in [3.63, 3.8) is 0 Å². The molecular formula is C9H11NO9S2. The van der Waals surface area contributed by atoms with Crippen LogP contribution in [0.1, 0.15) is 5.56 Å². The van der Waals surface area contributed by atoms with Crippen LogP contribution in [0.5, 0.6) is 5.75 Å². The number of benzene rings is 1. The zero-order valence-electron chi connectivity index (χ0n) is 10.2. The highest BCUT2D eigenvalue weighted by molar-refractivity contribution is 7.83. The third kappa shape index (κ3) is 7.01. The van der Waals surface area contributed by atoms with Gasteiger partial charge in [0.05, 0.1) is 0 Å². The van der Waals surface area contributed by atoms with Gasteiger partial charge >= 0.3 is 26.7 Å². The lowest BCUT2D eigenvalue weighted by Gasteiger charge is -2.12. The van der Waals surface area contributed by atoms with E-state index in [9.17, 15) is 21.6 Å². The fourth-order valence-corrected chi connectivity index (χ4v) is 2.30. The highest BCUT2D eigenvalue weighted by Crippen LogP contribution is 2.15. The summed E-state index contributed by atoms with van der Waals surface area (Å²) in [5, 5.41) is 8.83. The topological polar surface area (TPSA) is 167 Å². The van der Waals surface area contributed by atoms with E-state index in [-0.39, 0.29) is 12.2 Å². The van der Waals surface area contributed by atoms with E-state index in [0.717, 1.165) is 12.1 Å². The third-order valence-electron chi connectivity index (χ3n) is 2.15. The maximum absolute atomic E-state index is 10.9. The Balaban J connectivity index is 2.84. The van der Waals surface area contributed by atoms with Gasteiger partial charge in [-0.2, -0.15) is 21.6 Å². The summed E-state index contributed by atoms with van der Waals surface area (Å²) in [7, 11) is -9.36. The minimum atomic E-state index is -4.69. The van der Waals surface area contributed by atoms with Crippen molar-refractivity contribution < 1.29 is 40.0 Å². The molecule has 1 rings (SSSR count). The zero-order chi connectivity index (χ0) is 16.3. The van der Waals surface area contributed by atoms with E-state index in [1.165, 1.54) is 16.9 Å². The molecular weight excluding hydrogens is 330 g/mol. The molecule has 0 unspecified atom stereocenters. The van der Waals surface area contributed by atoms with Gasteiger partial charge in [0, 0.05) is 0 Å². The van der Waals surface area contributed by atoms with Gasteiger partial charge in [0.2, 0.25) is 0 Å². The van der Waals surface area contributed by atoms with Gasteiger partial charge < -0.3 is 9.29 Å². The van der Waals surface area contributed by atoms with Crippen LogP contribution >= 0.6 is 0 Å². The van der Waals surface area contributed by atoms with E-state index in [1.807, 2.05) is 0 Å². The highest BCUT2D eigenvalue weighted by atomic mass is 32.3. The van der Waals surface area contributed by atoms with E-state index in [4.69, 9.17) is 14.2 Å². The lowest BCUT2D eigenvalue weighted by Crippen LogP contribution is -2.41. The van der Waals surface area contributed by atoms with Crippen molar-refractivity contribution in [1.29, 1.82) is 0 Å². The summed E-state index contributed by atoms with van der Waals surface area (Å²) in [5.41, 5.74) is 0.321. The molecule has 1 atom stereocenters. The molecule has 0 aromatic heterocycles. The van der Waals surface area contributed by atoms with Crippen molar-refractivity contribution >= 4 is 26.7 Å². The minimum absolute atomic E-state index is 0.212. The second-order valence-electron chi connectivity index (χ2n) is 3.84. The molecule has 0 radical (unpaired) electrons. The third-order valence-corrected chi connectivity index (χ3v) is 3.14. The van der Waals surface area contributed by atoms with Crippen LogP contribution in [0.4, 0.5) is 0 Å². The monoisotopic (exact) mass is 341 g/mol.